The monoisotopic (exact) mass is 400 g/mol. The average Bonchev–Trinajstić information content (AvgIpc) is 2.70. The van der Waals surface area contributed by atoms with Gasteiger partial charge in [0.15, 0.2) is 5.11 Å². The Balaban J connectivity index is 1.80. The summed E-state index contributed by atoms with van der Waals surface area (Å²) in [6.45, 7) is 9.98. The van der Waals surface area contributed by atoms with Crippen molar-refractivity contribution in [3.8, 4) is 6.07 Å². The largest absolute Gasteiger partial charge is 0.382 e. The molecule has 0 atom stereocenters. The van der Waals surface area contributed by atoms with Gasteiger partial charge in [-0.05, 0) is 56.6 Å². The fourth-order valence-electron chi connectivity index (χ4n) is 2.86. The molecule has 0 radical (unpaired) electrons. The summed E-state index contributed by atoms with van der Waals surface area (Å²) in [5.74, 6) is 0.764. The second-order valence-corrected chi connectivity index (χ2v) is 7.06. The van der Waals surface area contributed by atoms with E-state index in [1.54, 1.807) is 0 Å². The number of fused-ring (bicyclic) bond motifs is 1. The zero-order valence-electron chi connectivity index (χ0n) is 16.9. The molecule has 2 rings (SSSR count). The number of anilines is 1. The molecule has 4 N–H and O–H groups in total. The zero-order valence-corrected chi connectivity index (χ0v) is 17.8. The van der Waals surface area contributed by atoms with Gasteiger partial charge in [0.1, 0.15) is 17.1 Å². The molecule has 1 aromatic carbocycles. The van der Waals surface area contributed by atoms with Gasteiger partial charge in [0, 0.05) is 38.1 Å². The van der Waals surface area contributed by atoms with Crippen LogP contribution in [0.1, 0.15) is 36.5 Å². The minimum atomic E-state index is 0.621. The van der Waals surface area contributed by atoms with Crippen molar-refractivity contribution in [2.24, 2.45) is 0 Å². The SMILES string of the molecule is CCOCCCNC(=S)NCCCNc1[nH+]c2c(C)c(C)ccc2cc1C#N. The van der Waals surface area contributed by atoms with Gasteiger partial charge in [0.25, 0.3) is 5.82 Å². The Morgan fingerprint density at radius 1 is 1.18 bits per heavy atom. The van der Waals surface area contributed by atoms with Gasteiger partial charge in [-0.15, -0.1) is 0 Å². The van der Waals surface area contributed by atoms with Crippen LogP contribution in [0, 0.1) is 25.2 Å². The normalized spacial score (nSPS) is 10.5. The van der Waals surface area contributed by atoms with Gasteiger partial charge in [-0.2, -0.15) is 5.26 Å². The highest BCUT2D eigenvalue weighted by Crippen LogP contribution is 2.21. The second kappa shape index (κ2) is 11.4. The Kier molecular flexibility index (Phi) is 8.92. The van der Waals surface area contributed by atoms with E-state index in [0.29, 0.717) is 10.7 Å². The van der Waals surface area contributed by atoms with Crippen LogP contribution in [0.5, 0.6) is 0 Å². The van der Waals surface area contributed by atoms with Crippen molar-refractivity contribution in [3.63, 3.8) is 0 Å². The minimum absolute atomic E-state index is 0.621. The molecule has 0 saturated carbocycles. The number of benzene rings is 1. The first-order valence-corrected chi connectivity index (χ1v) is 10.2. The standard InChI is InChI=1S/C21H29N5OS/c1-4-27-12-6-11-25-21(28)24-10-5-9-23-20-18(14-22)13-17-8-7-15(2)16(3)19(17)26-20/h7-8,13H,4-6,9-12H2,1-3H3,(H,23,26)(H2,24,25,28)/p+1. The van der Waals surface area contributed by atoms with E-state index in [1.807, 2.05) is 19.1 Å². The molecule has 1 aromatic heterocycles. The smallest absolute Gasteiger partial charge is 0.290 e. The number of nitrogens with zero attached hydrogens (tertiary/aromatic N) is 1. The average molecular weight is 401 g/mol. The number of nitrogens with one attached hydrogen (secondary N) is 4. The minimum Gasteiger partial charge on any atom is -0.382 e. The third-order valence-electron chi connectivity index (χ3n) is 4.60. The highest BCUT2D eigenvalue weighted by atomic mass is 32.1. The number of H-pyrrole nitrogens is 1. The molecule has 6 nitrogen and oxygen atoms in total. The first kappa shape index (κ1) is 21.9. The van der Waals surface area contributed by atoms with Crippen molar-refractivity contribution in [2.75, 3.05) is 38.2 Å². The molecule has 0 aliphatic rings. The van der Waals surface area contributed by atoms with Gasteiger partial charge >= 0.3 is 0 Å². The van der Waals surface area contributed by atoms with Crippen molar-refractivity contribution in [3.05, 3.63) is 34.9 Å². The van der Waals surface area contributed by atoms with E-state index in [1.165, 1.54) is 11.1 Å². The fraction of sp³-hybridized carbons (Fsp3) is 0.476. The van der Waals surface area contributed by atoms with E-state index in [2.05, 4.69) is 46.9 Å². The molecule has 0 fully saturated rings. The molecule has 150 valence electrons. The molecule has 0 aliphatic heterocycles. The van der Waals surface area contributed by atoms with Gasteiger partial charge in [0.05, 0.1) is 6.54 Å². The number of aromatic nitrogens is 1. The van der Waals surface area contributed by atoms with Crippen LogP contribution in [0.4, 0.5) is 5.82 Å². The predicted octanol–water partition coefficient (Wildman–Crippen LogP) is 2.84. The summed E-state index contributed by atoms with van der Waals surface area (Å²) in [5, 5.41) is 20.9. The number of aromatic amines is 1. The van der Waals surface area contributed by atoms with Gasteiger partial charge in [-0.3, -0.25) is 5.32 Å². The lowest BCUT2D eigenvalue weighted by Crippen LogP contribution is -2.37. The van der Waals surface area contributed by atoms with E-state index in [0.717, 1.165) is 62.4 Å². The van der Waals surface area contributed by atoms with E-state index in [9.17, 15) is 5.26 Å². The highest BCUT2D eigenvalue weighted by Gasteiger charge is 2.14. The Labute approximate surface area is 172 Å². The lowest BCUT2D eigenvalue weighted by molar-refractivity contribution is -0.328. The third kappa shape index (κ3) is 6.32. The van der Waals surface area contributed by atoms with Crippen LogP contribution in [0.3, 0.4) is 0 Å². The van der Waals surface area contributed by atoms with Crippen molar-refractivity contribution >= 4 is 34.1 Å². The molecule has 28 heavy (non-hydrogen) atoms. The van der Waals surface area contributed by atoms with E-state index >= 15 is 0 Å². The number of pyridine rings is 1. The number of aryl methyl sites for hydroxylation is 2. The molecule has 2 aromatic rings. The first-order valence-electron chi connectivity index (χ1n) is 9.76. The first-order chi connectivity index (χ1) is 13.6. The number of ether oxygens (including phenoxy) is 1. The van der Waals surface area contributed by atoms with Crippen LogP contribution in [-0.4, -0.2) is 38.0 Å². The van der Waals surface area contributed by atoms with Crippen LogP contribution >= 0.6 is 12.2 Å². The van der Waals surface area contributed by atoms with Crippen molar-refractivity contribution in [1.82, 2.24) is 10.6 Å². The fourth-order valence-corrected chi connectivity index (χ4v) is 3.06. The summed E-state index contributed by atoms with van der Waals surface area (Å²) in [6, 6.07) is 8.33. The Morgan fingerprint density at radius 2 is 1.93 bits per heavy atom. The molecule has 0 bridgehead atoms. The molecule has 7 heteroatoms. The highest BCUT2D eigenvalue weighted by molar-refractivity contribution is 7.80. The Hall–Kier alpha value is -2.43. The lowest BCUT2D eigenvalue weighted by Gasteiger charge is -2.10. The van der Waals surface area contributed by atoms with E-state index < -0.39 is 0 Å². The van der Waals surface area contributed by atoms with Crippen LogP contribution in [0.25, 0.3) is 10.9 Å². The van der Waals surface area contributed by atoms with Crippen molar-refractivity contribution < 1.29 is 9.72 Å². The van der Waals surface area contributed by atoms with E-state index in [4.69, 9.17) is 17.0 Å². The molecular formula is C21H30N5OS+. The second-order valence-electron chi connectivity index (χ2n) is 6.65. The molecule has 0 aliphatic carbocycles. The Bertz CT molecular complexity index is 847. The lowest BCUT2D eigenvalue weighted by atomic mass is 10.0. The molecule has 0 unspecified atom stereocenters. The zero-order chi connectivity index (χ0) is 20.4. The van der Waals surface area contributed by atoms with Gasteiger partial charge in [0.2, 0.25) is 0 Å². The van der Waals surface area contributed by atoms with E-state index in [-0.39, 0.29) is 0 Å². The Morgan fingerprint density at radius 3 is 2.64 bits per heavy atom. The molecule has 0 spiro atoms. The molecule has 0 saturated heterocycles. The summed E-state index contributed by atoms with van der Waals surface area (Å²) in [6.07, 6.45) is 1.81. The summed E-state index contributed by atoms with van der Waals surface area (Å²) in [5.41, 5.74) is 4.12. The summed E-state index contributed by atoms with van der Waals surface area (Å²) >= 11 is 5.26. The van der Waals surface area contributed by atoms with Crippen LogP contribution < -0.4 is 20.9 Å². The maximum absolute atomic E-state index is 9.46. The molecule has 0 amide bonds. The summed E-state index contributed by atoms with van der Waals surface area (Å²) in [4.78, 5) is 3.40. The van der Waals surface area contributed by atoms with Crippen molar-refractivity contribution in [2.45, 2.75) is 33.6 Å². The predicted molar refractivity (Wildman–Crippen MR) is 118 cm³/mol. The number of rotatable bonds is 10. The van der Waals surface area contributed by atoms with Crippen LogP contribution in [-0.2, 0) is 4.74 Å². The van der Waals surface area contributed by atoms with Gasteiger partial charge in [-0.1, -0.05) is 12.1 Å². The number of hydrogen-bond donors (Lipinski definition) is 3. The maximum Gasteiger partial charge on any atom is 0.290 e. The third-order valence-corrected chi connectivity index (χ3v) is 4.89. The van der Waals surface area contributed by atoms with Crippen LogP contribution in [0.15, 0.2) is 18.2 Å². The van der Waals surface area contributed by atoms with Gasteiger partial charge < -0.3 is 15.4 Å². The summed E-state index contributed by atoms with van der Waals surface area (Å²) < 4.78 is 5.29. The quantitative estimate of drug-likeness (QED) is 0.420. The number of hydrogen-bond acceptors (Lipinski definition) is 4. The number of nitriles is 1. The molecule has 1 heterocycles. The van der Waals surface area contributed by atoms with Crippen molar-refractivity contribution in [1.29, 1.82) is 5.26 Å². The van der Waals surface area contributed by atoms with Crippen LogP contribution in [0.2, 0.25) is 0 Å². The molecular weight excluding hydrogens is 370 g/mol. The summed E-state index contributed by atoms with van der Waals surface area (Å²) in [7, 11) is 0. The van der Waals surface area contributed by atoms with Gasteiger partial charge in [-0.25, -0.2) is 4.98 Å². The maximum atomic E-state index is 9.46. The number of thiocarbonyl (C=S) groups is 1. The topological polar surface area (TPSA) is 83.2 Å².